The molecule has 1 amide bonds. The van der Waals surface area contributed by atoms with Gasteiger partial charge >= 0.3 is 0 Å². The molecule has 2 aliphatic carbocycles. The number of hydrogen-bond donors (Lipinski definition) is 1. The summed E-state index contributed by atoms with van der Waals surface area (Å²) in [5.74, 6) is 1.34. The summed E-state index contributed by atoms with van der Waals surface area (Å²) in [6, 6.07) is 5.21. The van der Waals surface area contributed by atoms with E-state index in [0.29, 0.717) is 35.9 Å². The minimum atomic E-state index is -0.876. The Balaban J connectivity index is 1.87. The van der Waals surface area contributed by atoms with Gasteiger partial charge in [-0.2, -0.15) is 0 Å². The van der Waals surface area contributed by atoms with Gasteiger partial charge in [-0.05, 0) is 37.3 Å². The Kier molecular flexibility index (Phi) is 3.62. The van der Waals surface area contributed by atoms with Crippen LogP contribution in [0.4, 0.5) is 5.69 Å². The van der Waals surface area contributed by atoms with E-state index < -0.39 is 10.8 Å². The number of methoxy groups -OCH3 is 2. The van der Waals surface area contributed by atoms with Crippen molar-refractivity contribution in [2.45, 2.75) is 33.1 Å². The minimum absolute atomic E-state index is 0.0752. The first-order valence-electron chi connectivity index (χ1n) is 7.93. The number of ether oxygens (including phenoxy) is 2. The lowest BCUT2D eigenvalue weighted by molar-refractivity contribution is -0.142. The summed E-state index contributed by atoms with van der Waals surface area (Å²) >= 11 is 0. The number of ketones is 1. The predicted molar refractivity (Wildman–Crippen MR) is 86.7 cm³/mol. The molecule has 1 aromatic rings. The Morgan fingerprint density at radius 2 is 2.00 bits per heavy atom. The third-order valence-electron chi connectivity index (χ3n) is 5.65. The lowest BCUT2D eigenvalue weighted by Gasteiger charge is -2.32. The maximum Gasteiger partial charge on any atom is 0.238 e. The van der Waals surface area contributed by atoms with E-state index in [-0.39, 0.29) is 11.7 Å². The summed E-state index contributed by atoms with van der Waals surface area (Å²) in [5.41, 5.74) is -0.716. The average molecular weight is 317 g/mol. The second-order valence-electron chi connectivity index (χ2n) is 7.09. The summed E-state index contributed by atoms with van der Waals surface area (Å²) < 4.78 is 10.5. The molecule has 1 N–H and O–H groups in total. The molecule has 0 aliphatic heterocycles. The van der Waals surface area contributed by atoms with Gasteiger partial charge < -0.3 is 14.8 Å². The van der Waals surface area contributed by atoms with Crippen LogP contribution in [0.25, 0.3) is 0 Å². The van der Waals surface area contributed by atoms with Gasteiger partial charge in [0.05, 0.1) is 19.9 Å². The minimum Gasteiger partial charge on any atom is -0.497 e. The van der Waals surface area contributed by atoms with Crippen LogP contribution in [0.3, 0.4) is 0 Å². The first kappa shape index (κ1) is 15.8. The second-order valence-corrected chi connectivity index (χ2v) is 7.09. The Labute approximate surface area is 136 Å². The van der Waals surface area contributed by atoms with Crippen LogP contribution in [-0.4, -0.2) is 25.9 Å². The number of anilines is 1. The molecular weight excluding hydrogens is 294 g/mol. The largest absolute Gasteiger partial charge is 0.497 e. The lowest BCUT2D eigenvalue weighted by atomic mass is 9.70. The van der Waals surface area contributed by atoms with Gasteiger partial charge in [0.2, 0.25) is 5.91 Å². The van der Waals surface area contributed by atoms with Crippen molar-refractivity contribution >= 4 is 17.4 Å². The van der Waals surface area contributed by atoms with Gasteiger partial charge in [-0.3, -0.25) is 9.59 Å². The van der Waals surface area contributed by atoms with Crippen molar-refractivity contribution in [2.24, 2.45) is 16.7 Å². The number of Topliss-reactive ketones (excluding diaryl/α,β-unsaturated/α-hetero) is 1. The van der Waals surface area contributed by atoms with E-state index in [9.17, 15) is 9.59 Å². The summed E-state index contributed by atoms with van der Waals surface area (Å²) in [6.45, 7) is 3.92. The normalized spacial score (nSPS) is 27.8. The Hall–Kier alpha value is -2.04. The SMILES string of the molecule is COc1ccc(NC(=O)C23CCC(C2)C(C)(C)C3=O)c(OC)c1. The van der Waals surface area contributed by atoms with Crippen LogP contribution < -0.4 is 14.8 Å². The van der Waals surface area contributed by atoms with Crippen LogP contribution in [0.1, 0.15) is 33.1 Å². The monoisotopic (exact) mass is 317 g/mol. The smallest absolute Gasteiger partial charge is 0.238 e. The van der Waals surface area contributed by atoms with Crippen molar-refractivity contribution in [1.82, 2.24) is 0 Å². The Bertz CT molecular complexity index is 667. The van der Waals surface area contributed by atoms with Gasteiger partial charge in [-0.1, -0.05) is 13.8 Å². The molecule has 0 spiro atoms. The van der Waals surface area contributed by atoms with E-state index in [1.807, 2.05) is 13.8 Å². The van der Waals surface area contributed by atoms with Gasteiger partial charge in [0.15, 0.2) is 5.78 Å². The number of carbonyl (C=O) groups is 2. The number of fused-ring (bicyclic) bond motifs is 2. The zero-order valence-corrected chi connectivity index (χ0v) is 14.1. The van der Waals surface area contributed by atoms with E-state index in [2.05, 4.69) is 5.32 Å². The molecule has 2 unspecified atom stereocenters. The molecule has 2 saturated carbocycles. The van der Waals surface area contributed by atoms with Gasteiger partial charge in [-0.15, -0.1) is 0 Å². The molecule has 0 radical (unpaired) electrons. The molecule has 2 aliphatic rings. The molecule has 23 heavy (non-hydrogen) atoms. The second kappa shape index (κ2) is 5.25. The lowest BCUT2D eigenvalue weighted by Crippen LogP contribution is -2.44. The number of benzene rings is 1. The van der Waals surface area contributed by atoms with Gasteiger partial charge in [0.25, 0.3) is 0 Å². The predicted octanol–water partition coefficient (Wildman–Crippen LogP) is 3.04. The van der Waals surface area contributed by atoms with E-state index >= 15 is 0 Å². The standard InChI is InChI=1S/C18H23NO4/c1-17(2)11-7-8-18(10-11,15(17)20)16(21)19-13-6-5-12(22-3)9-14(13)23-4/h5-6,9,11H,7-8,10H2,1-4H3,(H,19,21). The van der Waals surface area contributed by atoms with Crippen LogP contribution in [0, 0.1) is 16.7 Å². The molecule has 2 atom stereocenters. The van der Waals surface area contributed by atoms with E-state index in [1.54, 1.807) is 25.3 Å². The third kappa shape index (κ3) is 2.21. The number of amides is 1. The summed E-state index contributed by atoms with van der Waals surface area (Å²) in [6.07, 6.45) is 2.24. The van der Waals surface area contributed by atoms with E-state index in [1.165, 1.54) is 7.11 Å². The molecular formula is C18H23NO4. The van der Waals surface area contributed by atoms with Crippen LogP contribution in [0.2, 0.25) is 0 Å². The maximum atomic E-state index is 12.9. The number of carbonyl (C=O) groups excluding carboxylic acids is 2. The van der Waals surface area contributed by atoms with Gasteiger partial charge in [0, 0.05) is 11.5 Å². The third-order valence-corrected chi connectivity index (χ3v) is 5.65. The van der Waals surface area contributed by atoms with Crippen LogP contribution in [-0.2, 0) is 9.59 Å². The van der Waals surface area contributed by atoms with Crippen LogP contribution in [0.5, 0.6) is 11.5 Å². The first-order chi connectivity index (χ1) is 10.8. The van der Waals surface area contributed by atoms with Crippen LogP contribution >= 0.6 is 0 Å². The van der Waals surface area contributed by atoms with Crippen molar-refractivity contribution in [3.63, 3.8) is 0 Å². The zero-order chi connectivity index (χ0) is 16.8. The van der Waals surface area contributed by atoms with Gasteiger partial charge in [-0.25, -0.2) is 0 Å². The summed E-state index contributed by atoms with van der Waals surface area (Å²) in [7, 11) is 3.11. The molecule has 124 valence electrons. The molecule has 2 fully saturated rings. The van der Waals surface area contributed by atoms with Gasteiger partial charge in [0.1, 0.15) is 16.9 Å². The number of hydrogen-bond acceptors (Lipinski definition) is 4. The van der Waals surface area contributed by atoms with E-state index in [4.69, 9.17) is 9.47 Å². The molecule has 1 aromatic carbocycles. The van der Waals surface area contributed by atoms with E-state index in [0.717, 1.165) is 6.42 Å². The highest BCUT2D eigenvalue weighted by molar-refractivity contribution is 6.15. The molecule has 0 saturated heterocycles. The number of nitrogens with one attached hydrogen (secondary N) is 1. The topological polar surface area (TPSA) is 64.6 Å². The van der Waals surface area contributed by atoms with Crippen molar-refractivity contribution in [2.75, 3.05) is 19.5 Å². The number of rotatable bonds is 4. The fraction of sp³-hybridized carbons (Fsp3) is 0.556. The highest BCUT2D eigenvalue weighted by atomic mass is 16.5. The molecule has 3 rings (SSSR count). The highest BCUT2D eigenvalue weighted by Crippen LogP contribution is 2.60. The fourth-order valence-corrected chi connectivity index (χ4v) is 4.12. The molecule has 0 heterocycles. The van der Waals surface area contributed by atoms with Crippen molar-refractivity contribution in [3.8, 4) is 11.5 Å². The first-order valence-corrected chi connectivity index (χ1v) is 7.93. The van der Waals surface area contributed by atoms with Crippen molar-refractivity contribution in [3.05, 3.63) is 18.2 Å². The fourth-order valence-electron chi connectivity index (χ4n) is 4.12. The highest BCUT2D eigenvalue weighted by Gasteiger charge is 2.65. The maximum absolute atomic E-state index is 12.9. The molecule has 5 heteroatoms. The van der Waals surface area contributed by atoms with Crippen molar-refractivity contribution < 1.29 is 19.1 Å². The molecule has 2 bridgehead atoms. The van der Waals surface area contributed by atoms with Crippen LogP contribution in [0.15, 0.2) is 18.2 Å². The zero-order valence-electron chi connectivity index (χ0n) is 14.1. The van der Waals surface area contributed by atoms with Crippen molar-refractivity contribution in [1.29, 1.82) is 0 Å². The Morgan fingerprint density at radius 1 is 1.26 bits per heavy atom. The summed E-state index contributed by atoms with van der Waals surface area (Å²) in [5, 5.41) is 2.90. The Morgan fingerprint density at radius 3 is 2.57 bits per heavy atom. The quantitative estimate of drug-likeness (QED) is 0.867. The molecule has 0 aromatic heterocycles. The summed E-state index contributed by atoms with van der Waals surface area (Å²) in [4.78, 5) is 25.7. The average Bonchev–Trinajstić information content (AvgIpc) is 3.07. The molecule has 5 nitrogen and oxygen atoms in total.